The molecule has 0 aliphatic carbocycles. The minimum absolute atomic E-state index is 0.115. The van der Waals surface area contributed by atoms with Crippen LogP contribution in [0.5, 0.6) is 5.75 Å². The predicted molar refractivity (Wildman–Crippen MR) is 148 cm³/mol. The van der Waals surface area contributed by atoms with Crippen molar-refractivity contribution in [2.75, 3.05) is 6.61 Å². The zero-order valence-corrected chi connectivity index (χ0v) is 24.2. The van der Waals surface area contributed by atoms with Crippen molar-refractivity contribution in [3.8, 4) is 16.9 Å². The molecule has 0 amide bonds. The molecule has 3 heterocycles. The van der Waals surface area contributed by atoms with Crippen LogP contribution >= 0.6 is 7.75 Å². The molecule has 0 spiro atoms. The second-order valence-electron chi connectivity index (χ2n) is 10.1. The molecular weight excluding hydrogens is 574 g/mol. The topological polar surface area (TPSA) is 171 Å². The number of esters is 1. The van der Waals surface area contributed by atoms with Gasteiger partial charge in [-0.05, 0) is 57.0 Å². The molecule has 42 heavy (non-hydrogen) atoms. The summed E-state index contributed by atoms with van der Waals surface area (Å²) in [6.45, 7) is 5.05. The SMILES string of the molecule is CC(C)OC(=O)[C@H](C)NP(=O)(OC[C@H]1O[C@@H](n2ccc(=O)[nH]c2=O)[C@](C)(F)[C@@H]1O)Oc1ccc(-c2cccnc2)cc1. The second kappa shape index (κ2) is 12.7. The van der Waals surface area contributed by atoms with Crippen LogP contribution in [0.4, 0.5) is 4.39 Å². The van der Waals surface area contributed by atoms with Crippen molar-refractivity contribution in [3.05, 3.63) is 81.9 Å². The fourth-order valence-electron chi connectivity index (χ4n) is 4.23. The minimum Gasteiger partial charge on any atom is -0.462 e. The van der Waals surface area contributed by atoms with Gasteiger partial charge in [0.1, 0.15) is 24.0 Å². The van der Waals surface area contributed by atoms with Crippen molar-refractivity contribution in [2.45, 2.75) is 63.9 Å². The number of carbonyl (C=O) groups is 1. The van der Waals surface area contributed by atoms with Gasteiger partial charge in [-0.1, -0.05) is 18.2 Å². The Morgan fingerprint density at radius 3 is 2.55 bits per heavy atom. The highest BCUT2D eigenvalue weighted by Gasteiger charge is 2.56. The summed E-state index contributed by atoms with van der Waals surface area (Å²) in [5, 5.41) is 13.2. The highest BCUT2D eigenvalue weighted by Crippen LogP contribution is 2.47. The fourth-order valence-corrected chi connectivity index (χ4v) is 5.73. The molecule has 1 aliphatic heterocycles. The molecule has 0 radical (unpaired) electrons. The summed E-state index contributed by atoms with van der Waals surface area (Å²) >= 11 is 0. The first-order chi connectivity index (χ1) is 19.8. The largest absolute Gasteiger partial charge is 0.462 e. The number of rotatable bonds is 11. The smallest absolute Gasteiger partial charge is 0.459 e. The standard InChI is InChI=1S/C27H32FN4O9P/c1-16(2)39-24(35)17(3)31-42(37,41-20-9-7-18(8-10-20)19-6-5-12-29-14-19)38-15-21-23(34)27(4,28)25(40-21)32-13-11-22(33)30-26(32)36/h5-14,16-17,21,23,25,34H,15H2,1-4H3,(H,31,37)(H,30,33,36)/t17-,21+,23+,25+,27+,42?/m0/s1. The number of aliphatic hydroxyl groups is 1. The summed E-state index contributed by atoms with van der Waals surface area (Å²) in [6.07, 6.45) is -0.993. The van der Waals surface area contributed by atoms with Gasteiger partial charge in [0, 0.05) is 24.7 Å². The molecule has 4 rings (SSSR count). The Morgan fingerprint density at radius 2 is 1.93 bits per heavy atom. The van der Waals surface area contributed by atoms with Gasteiger partial charge < -0.3 is 19.1 Å². The van der Waals surface area contributed by atoms with Gasteiger partial charge in [-0.3, -0.25) is 28.6 Å². The number of aromatic nitrogens is 3. The molecular formula is C27H32FN4O9P. The quantitative estimate of drug-likeness (QED) is 0.217. The lowest BCUT2D eigenvalue weighted by molar-refractivity contribution is -0.149. The van der Waals surface area contributed by atoms with E-state index in [0.717, 1.165) is 34.9 Å². The van der Waals surface area contributed by atoms with Gasteiger partial charge in [0.05, 0.1) is 12.7 Å². The van der Waals surface area contributed by atoms with Crippen LogP contribution < -0.4 is 20.9 Å². The fraction of sp³-hybridized carbons (Fsp3) is 0.407. The summed E-state index contributed by atoms with van der Waals surface area (Å²) in [4.78, 5) is 42.2. The number of H-pyrrole nitrogens is 1. The van der Waals surface area contributed by atoms with Crippen molar-refractivity contribution < 1.29 is 37.4 Å². The van der Waals surface area contributed by atoms with Crippen LogP contribution in [-0.2, 0) is 23.4 Å². The Labute approximate surface area is 240 Å². The number of nitrogens with zero attached hydrogens (tertiary/aromatic N) is 2. The van der Waals surface area contributed by atoms with Gasteiger partial charge in [-0.2, -0.15) is 5.09 Å². The molecule has 6 atom stereocenters. The maximum absolute atomic E-state index is 15.6. The molecule has 3 aromatic rings. The number of halogens is 1. The zero-order chi connectivity index (χ0) is 30.7. The van der Waals surface area contributed by atoms with Gasteiger partial charge in [-0.15, -0.1) is 0 Å². The van der Waals surface area contributed by atoms with Crippen molar-refractivity contribution >= 4 is 13.7 Å². The van der Waals surface area contributed by atoms with E-state index in [1.54, 1.807) is 44.4 Å². The van der Waals surface area contributed by atoms with E-state index in [0.29, 0.717) is 0 Å². The molecule has 0 saturated carbocycles. The predicted octanol–water partition coefficient (Wildman–Crippen LogP) is 2.72. The van der Waals surface area contributed by atoms with Crippen LogP contribution in [0, 0.1) is 0 Å². The third kappa shape index (κ3) is 7.20. The summed E-state index contributed by atoms with van der Waals surface area (Å²) in [6, 6.07) is 9.98. The minimum atomic E-state index is -4.40. The van der Waals surface area contributed by atoms with Crippen molar-refractivity contribution in [3.63, 3.8) is 0 Å². The van der Waals surface area contributed by atoms with Gasteiger partial charge in [0.2, 0.25) is 0 Å². The Hall–Kier alpha value is -3.68. The van der Waals surface area contributed by atoms with Crippen molar-refractivity contribution in [1.29, 1.82) is 0 Å². The highest BCUT2D eigenvalue weighted by molar-refractivity contribution is 7.52. The summed E-state index contributed by atoms with van der Waals surface area (Å²) in [7, 11) is -4.40. The van der Waals surface area contributed by atoms with E-state index in [9.17, 15) is 24.1 Å². The highest BCUT2D eigenvalue weighted by atomic mass is 31.2. The van der Waals surface area contributed by atoms with Crippen LogP contribution in [0.15, 0.2) is 70.6 Å². The van der Waals surface area contributed by atoms with Gasteiger partial charge in [0.25, 0.3) is 5.56 Å². The molecule has 15 heteroatoms. The maximum atomic E-state index is 15.6. The molecule has 226 valence electrons. The van der Waals surface area contributed by atoms with Crippen LogP contribution in [0.3, 0.4) is 0 Å². The van der Waals surface area contributed by atoms with Crippen LogP contribution in [-0.4, -0.2) is 62.2 Å². The molecule has 1 saturated heterocycles. The summed E-state index contributed by atoms with van der Waals surface area (Å²) in [5.41, 5.74) is -2.51. The number of nitrogens with one attached hydrogen (secondary N) is 2. The van der Waals surface area contributed by atoms with E-state index in [1.165, 1.54) is 19.1 Å². The van der Waals surface area contributed by atoms with Crippen LogP contribution in [0.2, 0.25) is 0 Å². The molecule has 1 fully saturated rings. The monoisotopic (exact) mass is 606 g/mol. The van der Waals surface area contributed by atoms with E-state index >= 15 is 4.39 Å². The molecule has 2 aromatic heterocycles. The second-order valence-corrected chi connectivity index (χ2v) is 11.8. The average molecular weight is 607 g/mol. The zero-order valence-electron chi connectivity index (χ0n) is 23.3. The number of hydrogen-bond donors (Lipinski definition) is 3. The number of aromatic amines is 1. The molecule has 13 nitrogen and oxygen atoms in total. The molecule has 3 N–H and O–H groups in total. The normalized spacial score (nSPS) is 24.2. The Balaban J connectivity index is 1.54. The lowest BCUT2D eigenvalue weighted by atomic mass is 9.98. The average Bonchev–Trinajstić information content (AvgIpc) is 3.16. The number of carbonyl (C=O) groups excluding carboxylic acids is 1. The lowest BCUT2D eigenvalue weighted by Gasteiger charge is -2.25. The van der Waals surface area contributed by atoms with Gasteiger partial charge in [0.15, 0.2) is 11.9 Å². The maximum Gasteiger partial charge on any atom is 0.459 e. The third-order valence-corrected chi connectivity index (χ3v) is 8.01. The first kappa shape index (κ1) is 31.3. The number of aliphatic hydroxyl groups excluding tert-OH is 1. The number of hydrogen-bond acceptors (Lipinski definition) is 10. The molecule has 0 bridgehead atoms. The Morgan fingerprint density at radius 1 is 1.21 bits per heavy atom. The number of ether oxygens (including phenoxy) is 2. The van der Waals surface area contributed by atoms with Crippen molar-refractivity contribution in [1.82, 2.24) is 19.6 Å². The first-order valence-corrected chi connectivity index (χ1v) is 14.6. The van der Waals surface area contributed by atoms with E-state index in [4.69, 9.17) is 18.5 Å². The van der Waals surface area contributed by atoms with E-state index in [2.05, 4.69) is 10.1 Å². The third-order valence-electron chi connectivity index (χ3n) is 6.36. The molecule has 1 unspecified atom stereocenters. The Kier molecular flexibility index (Phi) is 9.43. The van der Waals surface area contributed by atoms with E-state index in [1.807, 2.05) is 11.1 Å². The number of pyridine rings is 1. The lowest BCUT2D eigenvalue weighted by Crippen LogP contribution is -2.43. The number of benzene rings is 1. The van der Waals surface area contributed by atoms with Gasteiger partial charge >= 0.3 is 19.4 Å². The summed E-state index contributed by atoms with van der Waals surface area (Å²) in [5.74, 6) is -0.612. The first-order valence-electron chi connectivity index (χ1n) is 13.1. The van der Waals surface area contributed by atoms with Gasteiger partial charge in [-0.25, -0.2) is 13.8 Å². The Bertz CT molecular complexity index is 1550. The van der Waals surface area contributed by atoms with E-state index < -0.39 is 67.8 Å². The molecule has 1 aliphatic rings. The van der Waals surface area contributed by atoms with E-state index in [-0.39, 0.29) is 5.75 Å². The number of alkyl halides is 1. The van der Waals surface area contributed by atoms with Crippen LogP contribution in [0.25, 0.3) is 11.1 Å². The van der Waals surface area contributed by atoms with Crippen molar-refractivity contribution in [2.24, 2.45) is 0 Å². The summed E-state index contributed by atoms with van der Waals surface area (Å²) < 4.78 is 52.3. The molecule has 1 aromatic carbocycles. The van der Waals surface area contributed by atoms with Crippen LogP contribution in [0.1, 0.15) is 33.9 Å².